The number of hydrogen-bond acceptors (Lipinski definition) is 3. The summed E-state index contributed by atoms with van der Waals surface area (Å²) in [7, 11) is 0. The van der Waals surface area contributed by atoms with E-state index in [1.807, 2.05) is 18.7 Å². The van der Waals surface area contributed by atoms with Gasteiger partial charge in [0.25, 0.3) is 0 Å². The van der Waals surface area contributed by atoms with Gasteiger partial charge in [-0.2, -0.15) is 0 Å². The number of carboxylic acids is 1. The normalized spacial score (nSPS) is 21.5. The Morgan fingerprint density at radius 3 is 2.63 bits per heavy atom. The van der Waals surface area contributed by atoms with Crippen LogP contribution in [0.3, 0.4) is 0 Å². The number of nitrogens with zero attached hydrogens (tertiary/aromatic N) is 1. The van der Waals surface area contributed by atoms with Crippen molar-refractivity contribution in [1.29, 1.82) is 0 Å². The molecule has 1 heterocycles. The first-order valence-corrected chi connectivity index (χ1v) is 7.18. The molecule has 0 aromatic heterocycles. The first kappa shape index (κ1) is 16.0. The molecule has 0 bridgehead atoms. The van der Waals surface area contributed by atoms with Crippen molar-refractivity contribution in [2.45, 2.75) is 64.5 Å². The Balaban J connectivity index is 2.55. The fourth-order valence-corrected chi connectivity index (χ4v) is 2.47. The van der Waals surface area contributed by atoms with E-state index < -0.39 is 5.97 Å². The number of carbonyl (C=O) groups is 2. The van der Waals surface area contributed by atoms with Crippen molar-refractivity contribution in [2.24, 2.45) is 11.7 Å². The van der Waals surface area contributed by atoms with Gasteiger partial charge in [0.15, 0.2) is 0 Å². The number of carbonyl (C=O) groups excluding carboxylic acids is 1. The van der Waals surface area contributed by atoms with Gasteiger partial charge in [0.1, 0.15) is 0 Å². The minimum atomic E-state index is -0.795. The van der Waals surface area contributed by atoms with Crippen LogP contribution in [0.25, 0.3) is 0 Å². The molecule has 1 amide bonds. The highest BCUT2D eigenvalue weighted by Crippen LogP contribution is 2.22. The smallest absolute Gasteiger partial charge is 0.303 e. The Morgan fingerprint density at radius 2 is 2.05 bits per heavy atom. The van der Waals surface area contributed by atoms with E-state index in [1.54, 1.807) is 0 Å². The molecule has 0 spiro atoms. The van der Waals surface area contributed by atoms with Gasteiger partial charge in [-0.1, -0.05) is 13.8 Å². The monoisotopic (exact) mass is 270 g/mol. The average molecular weight is 270 g/mol. The summed E-state index contributed by atoms with van der Waals surface area (Å²) >= 11 is 0. The van der Waals surface area contributed by atoms with Crippen LogP contribution in [0.1, 0.15) is 52.4 Å². The lowest BCUT2D eigenvalue weighted by atomic mass is 9.95. The van der Waals surface area contributed by atoms with Crippen LogP contribution in [0.5, 0.6) is 0 Å². The molecule has 110 valence electrons. The van der Waals surface area contributed by atoms with Crippen LogP contribution in [0.4, 0.5) is 0 Å². The molecule has 3 N–H and O–H groups in total. The molecule has 0 aromatic rings. The van der Waals surface area contributed by atoms with E-state index in [1.165, 1.54) is 0 Å². The number of aliphatic carboxylic acids is 1. The third-order valence-corrected chi connectivity index (χ3v) is 3.91. The lowest BCUT2D eigenvalue weighted by Crippen LogP contribution is -2.46. The highest BCUT2D eigenvalue weighted by molar-refractivity contribution is 5.77. The number of carboxylic acid groups (broad SMARTS) is 1. The molecule has 1 aliphatic rings. The molecule has 0 aromatic carbocycles. The van der Waals surface area contributed by atoms with Crippen LogP contribution in [0.2, 0.25) is 0 Å². The molecule has 0 radical (unpaired) electrons. The van der Waals surface area contributed by atoms with Gasteiger partial charge in [-0.25, -0.2) is 0 Å². The third-order valence-electron chi connectivity index (χ3n) is 3.91. The zero-order valence-electron chi connectivity index (χ0n) is 12.0. The van der Waals surface area contributed by atoms with Gasteiger partial charge in [0, 0.05) is 31.5 Å². The van der Waals surface area contributed by atoms with Crippen molar-refractivity contribution in [1.82, 2.24) is 4.90 Å². The highest BCUT2D eigenvalue weighted by atomic mass is 16.4. The van der Waals surface area contributed by atoms with E-state index in [2.05, 4.69) is 0 Å². The SMILES string of the molecule is CC(C)C(N)CC(=O)N1CCCCC1CCC(=O)O. The number of likely N-dealkylation sites (tertiary alicyclic amines) is 1. The lowest BCUT2D eigenvalue weighted by molar-refractivity contribution is -0.140. The van der Waals surface area contributed by atoms with E-state index in [9.17, 15) is 9.59 Å². The van der Waals surface area contributed by atoms with Crippen molar-refractivity contribution >= 4 is 11.9 Å². The standard InChI is InChI=1S/C14H26N2O3/c1-10(2)12(15)9-13(17)16-8-4-3-5-11(16)6-7-14(18)19/h10-12H,3-9,15H2,1-2H3,(H,18,19). The molecule has 2 unspecified atom stereocenters. The molecule has 0 saturated carbocycles. The summed E-state index contributed by atoms with van der Waals surface area (Å²) in [5, 5.41) is 8.76. The van der Waals surface area contributed by atoms with Crippen molar-refractivity contribution in [2.75, 3.05) is 6.54 Å². The summed E-state index contributed by atoms with van der Waals surface area (Å²) in [5.74, 6) is -0.431. The van der Waals surface area contributed by atoms with E-state index in [0.29, 0.717) is 12.8 Å². The summed E-state index contributed by atoms with van der Waals surface area (Å²) in [4.78, 5) is 24.8. The summed E-state index contributed by atoms with van der Waals surface area (Å²) in [6, 6.07) is -0.0359. The van der Waals surface area contributed by atoms with Crippen molar-refractivity contribution < 1.29 is 14.7 Å². The molecule has 0 aliphatic carbocycles. The van der Waals surface area contributed by atoms with Gasteiger partial charge in [-0.05, 0) is 31.6 Å². The topological polar surface area (TPSA) is 83.6 Å². The first-order valence-electron chi connectivity index (χ1n) is 7.18. The van der Waals surface area contributed by atoms with E-state index >= 15 is 0 Å². The van der Waals surface area contributed by atoms with E-state index in [4.69, 9.17) is 10.8 Å². The fraction of sp³-hybridized carbons (Fsp3) is 0.857. The molecular formula is C14H26N2O3. The minimum Gasteiger partial charge on any atom is -0.481 e. The number of rotatable bonds is 6. The molecule has 1 fully saturated rings. The Hall–Kier alpha value is -1.10. The van der Waals surface area contributed by atoms with E-state index in [0.717, 1.165) is 25.8 Å². The first-order chi connectivity index (χ1) is 8.91. The maximum absolute atomic E-state index is 12.3. The third kappa shape index (κ3) is 5.19. The van der Waals surface area contributed by atoms with Crippen molar-refractivity contribution in [3.05, 3.63) is 0 Å². The summed E-state index contributed by atoms with van der Waals surface area (Å²) in [6.45, 7) is 4.76. The quantitative estimate of drug-likeness (QED) is 0.768. The Labute approximate surface area is 115 Å². The summed E-state index contributed by atoms with van der Waals surface area (Å²) in [5.41, 5.74) is 5.95. The van der Waals surface area contributed by atoms with Gasteiger partial charge < -0.3 is 15.7 Å². The average Bonchev–Trinajstić information content (AvgIpc) is 2.36. The van der Waals surface area contributed by atoms with Crippen molar-refractivity contribution in [3.8, 4) is 0 Å². The molecule has 1 saturated heterocycles. The highest BCUT2D eigenvalue weighted by Gasteiger charge is 2.28. The molecule has 1 aliphatic heterocycles. The summed E-state index contributed by atoms with van der Waals surface area (Å²) in [6.07, 6.45) is 4.04. The van der Waals surface area contributed by atoms with Gasteiger partial charge >= 0.3 is 5.97 Å². The maximum Gasteiger partial charge on any atom is 0.303 e. The van der Waals surface area contributed by atoms with E-state index in [-0.39, 0.29) is 30.3 Å². The maximum atomic E-state index is 12.3. The Bertz CT molecular complexity index is 318. The Morgan fingerprint density at radius 1 is 1.37 bits per heavy atom. The van der Waals surface area contributed by atoms with Crippen molar-refractivity contribution in [3.63, 3.8) is 0 Å². The zero-order valence-corrected chi connectivity index (χ0v) is 12.0. The van der Waals surface area contributed by atoms with Crippen LogP contribution >= 0.6 is 0 Å². The zero-order chi connectivity index (χ0) is 14.4. The molecule has 19 heavy (non-hydrogen) atoms. The van der Waals surface area contributed by atoms with Crippen LogP contribution in [0.15, 0.2) is 0 Å². The fourth-order valence-electron chi connectivity index (χ4n) is 2.47. The molecule has 5 heteroatoms. The van der Waals surface area contributed by atoms with Crippen LogP contribution in [-0.2, 0) is 9.59 Å². The summed E-state index contributed by atoms with van der Waals surface area (Å²) < 4.78 is 0. The van der Waals surface area contributed by atoms with Gasteiger partial charge in [-0.3, -0.25) is 9.59 Å². The molecule has 1 rings (SSSR count). The lowest BCUT2D eigenvalue weighted by Gasteiger charge is -2.36. The van der Waals surface area contributed by atoms with Gasteiger partial charge in [-0.15, -0.1) is 0 Å². The number of amides is 1. The second-order valence-electron chi connectivity index (χ2n) is 5.78. The number of hydrogen-bond donors (Lipinski definition) is 2. The number of nitrogens with two attached hydrogens (primary N) is 1. The number of piperidine rings is 1. The minimum absolute atomic E-state index is 0.0799. The van der Waals surface area contributed by atoms with Gasteiger partial charge in [0.05, 0.1) is 0 Å². The second-order valence-corrected chi connectivity index (χ2v) is 5.78. The van der Waals surface area contributed by atoms with Crippen LogP contribution in [-0.4, -0.2) is 40.5 Å². The largest absolute Gasteiger partial charge is 0.481 e. The van der Waals surface area contributed by atoms with Crippen LogP contribution < -0.4 is 5.73 Å². The second kappa shape index (κ2) is 7.48. The van der Waals surface area contributed by atoms with Crippen LogP contribution in [0, 0.1) is 5.92 Å². The molecule has 5 nitrogen and oxygen atoms in total. The Kier molecular flexibility index (Phi) is 6.28. The predicted molar refractivity (Wildman–Crippen MR) is 73.7 cm³/mol. The van der Waals surface area contributed by atoms with Gasteiger partial charge in [0.2, 0.25) is 5.91 Å². The molecular weight excluding hydrogens is 244 g/mol. The molecule has 2 atom stereocenters. The predicted octanol–water partition coefficient (Wildman–Crippen LogP) is 1.61.